The number of nitrogens with one attached hydrogen (secondary N) is 2. The van der Waals surface area contributed by atoms with Crippen LogP contribution < -0.4 is 22.1 Å². The normalized spacial score (nSPS) is 29.3. The van der Waals surface area contributed by atoms with Crippen LogP contribution in [0.1, 0.15) is 144 Å². The van der Waals surface area contributed by atoms with E-state index in [4.69, 9.17) is 39.9 Å². The maximum absolute atomic E-state index is 12.7. The number of guanidine groups is 1. The number of aryl methyl sites for hydroxylation is 1. The number of carbonyl (C=O) groups excluding carboxylic acids is 2. The summed E-state index contributed by atoms with van der Waals surface area (Å²) in [5.74, 6) is 2.09. The number of rotatable bonds is 31. The molecule has 20 nitrogen and oxygen atoms in total. The highest BCUT2D eigenvalue weighted by Gasteiger charge is 2.59. The van der Waals surface area contributed by atoms with Crippen LogP contribution in [-0.2, 0) is 51.2 Å². The fraction of sp³-hybridized carbons (Fsp3) is 0.818. The number of hydrogen-bond acceptors (Lipinski definition) is 14. The fourth-order valence-electron chi connectivity index (χ4n) is 13.6. The Kier molecular flexibility index (Phi) is 23.1. The van der Waals surface area contributed by atoms with Crippen molar-refractivity contribution in [2.24, 2.45) is 62.8 Å². The molecular formula is C55H92N8O12. The highest BCUT2D eigenvalue weighted by molar-refractivity contribution is 5.85. The number of nitrogens with two attached hydrogens (primary N) is 2. The van der Waals surface area contributed by atoms with Crippen LogP contribution >= 0.6 is 0 Å². The molecule has 0 spiro atoms. The molecular weight excluding hydrogens is 965 g/mol. The Bertz CT molecular complexity index is 2060. The monoisotopic (exact) mass is 1060 g/mol. The standard InChI is InChI=1S/C55H92N8O12/c1-35(2)12-11-13-36(3)42-16-17-43-41-15-14-38-30-40(18-20-54(38,5)44(41)19-21-55(42,43)6)73-24-10-8-7-9-23-63-32-39(61-62-63)34-72-29-28-71-27-26-70-25-22-58-53(69)75-49(46(66)33-64)50-48(59-37(4)65)45(60-52(56)57)31-47(74-50)51(67)68/h14,31-32,35-36,40-46,48-50,64,66H,7-13,15-30,33-34H2,1-6H3,(H,58,69)(H,59,65)(H,67,68)(H4,56,57,60)/t36-,40+,41+,42-,43+,44+,45+,46-,48-,49-,50-,54+,55-/m1/s1. The second-order valence-electron chi connectivity index (χ2n) is 22.9. The van der Waals surface area contributed by atoms with E-state index in [1.807, 2.05) is 10.9 Å². The Labute approximate surface area is 444 Å². The fourth-order valence-corrected chi connectivity index (χ4v) is 13.6. The molecule has 13 atom stereocenters. The molecule has 2 heterocycles. The zero-order valence-corrected chi connectivity index (χ0v) is 45.8. The molecule has 75 heavy (non-hydrogen) atoms. The molecule has 0 unspecified atom stereocenters. The minimum atomic E-state index is -1.74. The minimum Gasteiger partial charge on any atom is -0.477 e. The number of nitrogens with zero attached hydrogens (tertiary/aromatic N) is 4. The molecule has 3 saturated carbocycles. The van der Waals surface area contributed by atoms with Crippen LogP contribution in [0.4, 0.5) is 4.79 Å². The number of ether oxygens (including phenoxy) is 6. The van der Waals surface area contributed by atoms with Gasteiger partial charge in [0.05, 0.1) is 70.6 Å². The van der Waals surface area contributed by atoms with Gasteiger partial charge in [0.2, 0.25) is 11.7 Å². The number of aliphatic imine (C=N–C) groups is 1. The topological polar surface area (TPSA) is 286 Å². The van der Waals surface area contributed by atoms with Crippen LogP contribution in [0.5, 0.6) is 0 Å². The number of aliphatic hydroxyl groups is 2. The van der Waals surface area contributed by atoms with Crippen molar-refractivity contribution in [2.75, 3.05) is 52.8 Å². The van der Waals surface area contributed by atoms with Crippen LogP contribution in [0.25, 0.3) is 0 Å². The van der Waals surface area contributed by atoms with E-state index in [0.717, 1.165) is 92.5 Å². The summed E-state index contributed by atoms with van der Waals surface area (Å²) in [5, 5.41) is 43.4. The van der Waals surface area contributed by atoms with Crippen molar-refractivity contribution < 1.29 is 58.1 Å². The van der Waals surface area contributed by atoms with Gasteiger partial charge in [-0.2, -0.15) is 0 Å². The molecule has 0 bridgehead atoms. The molecule has 5 aliphatic rings. The lowest BCUT2D eigenvalue weighted by Gasteiger charge is -2.58. The summed E-state index contributed by atoms with van der Waals surface area (Å²) in [6.07, 6.45) is 19.3. The molecule has 9 N–H and O–H groups in total. The number of aromatic nitrogens is 3. The molecule has 0 radical (unpaired) electrons. The summed E-state index contributed by atoms with van der Waals surface area (Å²) >= 11 is 0. The van der Waals surface area contributed by atoms with Gasteiger partial charge in [0, 0.05) is 26.6 Å². The van der Waals surface area contributed by atoms with Gasteiger partial charge < -0.3 is 65.8 Å². The smallest absolute Gasteiger partial charge is 0.407 e. The predicted octanol–water partition coefficient (Wildman–Crippen LogP) is 5.78. The molecule has 0 saturated heterocycles. The molecule has 2 amide bonds. The Morgan fingerprint density at radius 3 is 2.40 bits per heavy atom. The average molecular weight is 1060 g/mol. The number of fused-ring (bicyclic) bond motifs is 5. The van der Waals surface area contributed by atoms with E-state index < -0.39 is 66.7 Å². The zero-order valence-electron chi connectivity index (χ0n) is 45.8. The lowest BCUT2D eigenvalue weighted by Crippen LogP contribution is -2.61. The van der Waals surface area contributed by atoms with Crippen molar-refractivity contribution in [3.63, 3.8) is 0 Å². The molecule has 4 aliphatic carbocycles. The number of hydrogen-bond donors (Lipinski definition) is 7. The van der Waals surface area contributed by atoms with E-state index >= 15 is 0 Å². The third-order valence-electron chi connectivity index (χ3n) is 17.3. The van der Waals surface area contributed by atoms with Gasteiger partial charge in [-0.1, -0.05) is 83.6 Å². The molecule has 0 aromatic carbocycles. The summed E-state index contributed by atoms with van der Waals surface area (Å²) < 4.78 is 36.1. The van der Waals surface area contributed by atoms with E-state index in [9.17, 15) is 29.7 Å². The Morgan fingerprint density at radius 1 is 0.933 bits per heavy atom. The van der Waals surface area contributed by atoms with Crippen molar-refractivity contribution in [1.82, 2.24) is 25.6 Å². The number of unbranched alkanes of at least 4 members (excludes halogenated alkanes) is 3. The zero-order chi connectivity index (χ0) is 54.1. The highest BCUT2D eigenvalue weighted by atomic mass is 16.6. The maximum atomic E-state index is 12.7. The van der Waals surface area contributed by atoms with Crippen LogP contribution in [0.15, 0.2) is 34.7 Å². The van der Waals surface area contributed by atoms with E-state index in [2.05, 4.69) is 66.6 Å². The second-order valence-corrected chi connectivity index (χ2v) is 22.9. The van der Waals surface area contributed by atoms with Crippen LogP contribution in [-0.4, -0.2) is 144 Å². The summed E-state index contributed by atoms with van der Waals surface area (Å²) in [6, 6.07) is -2.37. The van der Waals surface area contributed by atoms with Gasteiger partial charge in [-0.05, 0) is 117 Å². The Morgan fingerprint density at radius 2 is 1.68 bits per heavy atom. The summed E-state index contributed by atoms with van der Waals surface area (Å²) in [5.41, 5.74) is 14.4. The number of aliphatic hydroxyl groups excluding tert-OH is 2. The first kappa shape index (κ1) is 59.9. The Balaban J connectivity index is 0.776. The summed E-state index contributed by atoms with van der Waals surface area (Å²) in [7, 11) is 0. The largest absolute Gasteiger partial charge is 0.477 e. The third kappa shape index (κ3) is 16.6. The average Bonchev–Trinajstić information content (AvgIpc) is 3.99. The van der Waals surface area contributed by atoms with Crippen molar-refractivity contribution in [2.45, 2.75) is 188 Å². The number of aliphatic carboxylic acids is 1. The van der Waals surface area contributed by atoms with E-state index in [1.165, 1.54) is 71.1 Å². The predicted molar refractivity (Wildman–Crippen MR) is 282 cm³/mol. The van der Waals surface area contributed by atoms with Crippen LogP contribution in [0, 0.1) is 46.3 Å². The molecule has 1 aromatic heterocycles. The maximum Gasteiger partial charge on any atom is 0.407 e. The molecule has 3 fully saturated rings. The van der Waals surface area contributed by atoms with Gasteiger partial charge in [0.25, 0.3) is 0 Å². The first-order chi connectivity index (χ1) is 35.9. The first-order valence-electron chi connectivity index (χ1n) is 28.1. The van der Waals surface area contributed by atoms with Crippen LogP contribution in [0.2, 0.25) is 0 Å². The van der Waals surface area contributed by atoms with Crippen molar-refractivity contribution in [1.29, 1.82) is 0 Å². The van der Waals surface area contributed by atoms with Crippen molar-refractivity contribution in [3.05, 3.63) is 35.4 Å². The minimum absolute atomic E-state index is 0.00441. The molecule has 1 aliphatic heterocycles. The van der Waals surface area contributed by atoms with Gasteiger partial charge in [-0.25, -0.2) is 14.6 Å². The molecule has 1 aromatic rings. The molecule has 20 heteroatoms. The number of carboxylic acids is 1. The van der Waals surface area contributed by atoms with Gasteiger partial charge in [-0.3, -0.25) is 9.48 Å². The number of carboxylic acid groups (broad SMARTS) is 1. The second kappa shape index (κ2) is 28.9. The van der Waals surface area contributed by atoms with Gasteiger partial charge >= 0.3 is 12.1 Å². The lowest BCUT2D eigenvalue weighted by molar-refractivity contribution is -0.146. The lowest BCUT2D eigenvalue weighted by atomic mass is 9.47. The van der Waals surface area contributed by atoms with Gasteiger partial charge in [0.15, 0.2) is 18.2 Å². The Hall–Kier alpha value is -4.34. The molecule has 6 rings (SSSR count). The number of amides is 2. The van der Waals surface area contributed by atoms with Crippen molar-refractivity contribution >= 4 is 23.9 Å². The van der Waals surface area contributed by atoms with E-state index in [1.54, 1.807) is 5.57 Å². The summed E-state index contributed by atoms with van der Waals surface area (Å²) in [6.45, 7) is 16.2. The van der Waals surface area contributed by atoms with E-state index in [0.29, 0.717) is 36.8 Å². The van der Waals surface area contributed by atoms with E-state index in [-0.39, 0.29) is 26.4 Å². The van der Waals surface area contributed by atoms with Gasteiger partial charge in [0.1, 0.15) is 11.8 Å². The number of carbonyl (C=O) groups is 3. The number of alkyl carbamates (subject to hydrolysis) is 1. The quantitative estimate of drug-likeness (QED) is 0.0201. The molecule has 424 valence electrons. The SMILES string of the molecule is CC(=O)N[C@H]1[C@H]([C@H](OC(=O)NCCOCCOCCOCc2cn(CCCCCCO[C@H]3CC[C@@]4(C)C(=CC[C@H]5[C@@H]6CC[C@H]([C@H](C)CCCC(C)C)[C@@]6(C)CC[C@@H]54)C3)nn2)[C@H](O)CO)OC(C(=O)O)=C[C@@H]1N=C(N)N. The van der Waals surface area contributed by atoms with Crippen molar-refractivity contribution in [3.8, 4) is 0 Å². The summed E-state index contributed by atoms with van der Waals surface area (Å²) in [4.78, 5) is 40.5. The van der Waals surface area contributed by atoms with Gasteiger partial charge in [-0.15, -0.1) is 5.10 Å². The third-order valence-corrected chi connectivity index (χ3v) is 17.3. The van der Waals surface area contributed by atoms with Crippen LogP contribution in [0.3, 0.4) is 0 Å². The number of allylic oxidation sites excluding steroid dienone is 1. The highest BCUT2D eigenvalue weighted by Crippen LogP contribution is 2.67. The first-order valence-corrected chi connectivity index (χ1v) is 28.1.